The van der Waals surface area contributed by atoms with Crippen molar-refractivity contribution in [3.8, 4) is 0 Å². The maximum Gasteiger partial charge on any atom is 0.244 e. The van der Waals surface area contributed by atoms with Crippen molar-refractivity contribution in [2.75, 3.05) is 0 Å². The molecule has 0 fully saturated rings. The number of benzene rings is 1. The molecule has 0 bridgehead atoms. The Morgan fingerprint density at radius 1 is 1.42 bits per heavy atom. The Morgan fingerprint density at radius 2 is 2.00 bits per heavy atom. The van der Waals surface area contributed by atoms with Gasteiger partial charge in [0.15, 0.2) is 0 Å². The van der Waals surface area contributed by atoms with Gasteiger partial charge in [0, 0.05) is 4.47 Å². The quantitative estimate of drug-likeness (QED) is 0.592. The van der Waals surface area contributed by atoms with E-state index in [-0.39, 0.29) is 0 Å². The van der Waals surface area contributed by atoms with E-state index in [4.69, 9.17) is 23.2 Å². The van der Waals surface area contributed by atoms with Crippen molar-refractivity contribution in [1.82, 2.24) is 0 Å². The number of hydrogen-bond acceptors (Lipinski definition) is 1. The fourth-order valence-electron chi connectivity index (χ4n) is 0.803. The number of carbonyl (C=O) groups excluding carboxylic acids is 1. The Hall–Kier alpha value is -0.0500. The molecule has 1 atom stereocenters. The van der Waals surface area contributed by atoms with Gasteiger partial charge in [-0.15, -0.1) is 11.6 Å². The summed E-state index contributed by atoms with van der Waals surface area (Å²) in [5.74, 6) is 0. The Balaban J connectivity index is 3.02. The van der Waals surface area contributed by atoms with E-state index in [1.807, 2.05) is 12.1 Å². The van der Waals surface area contributed by atoms with Gasteiger partial charge in [0.05, 0.1) is 0 Å². The topological polar surface area (TPSA) is 17.1 Å². The molecule has 1 aromatic rings. The third-order valence-electron chi connectivity index (χ3n) is 1.38. The van der Waals surface area contributed by atoms with Crippen molar-refractivity contribution >= 4 is 44.4 Å². The highest BCUT2D eigenvalue weighted by molar-refractivity contribution is 9.10. The van der Waals surface area contributed by atoms with Gasteiger partial charge in [-0.3, -0.25) is 4.79 Å². The minimum absolute atomic E-state index is 0.566. The maximum absolute atomic E-state index is 10.7. The molecular weight excluding hydrogens is 263 g/mol. The van der Waals surface area contributed by atoms with Gasteiger partial charge in [-0.05, 0) is 23.2 Å². The van der Waals surface area contributed by atoms with Gasteiger partial charge in [0.25, 0.3) is 0 Å². The van der Waals surface area contributed by atoms with Crippen LogP contribution in [0.2, 0.25) is 0 Å². The highest BCUT2D eigenvalue weighted by Crippen LogP contribution is 2.29. The second-order valence-corrected chi connectivity index (χ2v) is 3.85. The van der Waals surface area contributed by atoms with Crippen molar-refractivity contribution < 1.29 is 4.79 Å². The molecule has 4 heteroatoms. The molecule has 0 aromatic heterocycles. The normalized spacial score (nSPS) is 12.6. The van der Waals surface area contributed by atoms with Crippen molar-refractivity contribution in [2.24, 2.45) is 0 Å². The largest absolute Gasteiger partial charge is 0.279 e. The first kappa shape index (κ1) is 10.0. The Labute approximate surface area is 88.8 Å². The lowest BCUT2D eigenvalue weighted by atomic mass is 10.2. The first-order valence-electron chi connectivity index (χ1n) is 3.21. The van der Waals surface area contributed by atoms with Gasteiger partial charge < -0.3 is 0 Å². The van der Waals surface area contributed by atoms with Crippen LogP contribution in [0.15, 0.2) is 28.7 Å². The summed E-state index contributed by atoms with van der Waals surface area (Å²) in [7, 11) is 0. The summed E-state index contributed by atoms with van der Waals surface area (Å²) in [6.45, 7) is 0. The third kappa shape index (κ3) is 2.22. The molecule has 1 unspecified atom stereocenters. The van der Waals surface area contributed by atoms with Crippen molar-refractivity contribution in [2.45, 2.75) is 5.38 Å². The summed E-state index contributed by atoms with van der Waals surface area (Å²) < 4.78 is 0.791. The predicted molar refractivity (Wildman–Crippen MR) is 53.6 cm³/mol. The van der Waals surface area contributed by atoms with Crippen molar-refractivity contribution in [1.29, 1.82) is 0 Å². The first-order valence-corrected chi connectivity index (χ1v) is 4.81. The Bertz CT molecular complexity index is 301. The summed E-state index contributed by atoms with van der Waals surface area (Å²) in [4.78, 5) is 10.7. The van der Waals surface area contributed by atoms with E-state index >= 15 is 0 Å². The highest BCUT2D eigenvalue weighted by atomic mass is 79.9. The van der Waals surface area contributed by atoms with E-state index in [1.54, 1.807) is 12.1 Å². The number of rotatable bonds is 2. The Morgan fingerprint density at radius 3 is 2.50 bits per heavy atom. The number of carbonyl (C=O) groups is 1. The van der Waals surface area contributed by atoms with E-state index < -0.39 is 10.6 Å². The maximum atomic E-state index is 10.7. The van der Waals surface area contributed by atoms with Crippen LogP contribution in [0.4, 0.5) is 0 Å². The molecule has 0 amide bonds. The molecule has 0 aliphatic heterocycles. The van der Waals surface area contributed by atoms with Crippen molar-refractivity contribution in [3.05, 3.63) is 34.3 Å². The lowest BCUT2D eigenvalue weighted by molar-refractivity contribution is -0.111. The van der Waals surface area contributed by atoms with Crippen LogP contribution in [0.25, 0.3) is 0 Å². The molecule has 64 valence electrons. The predicted octanol–water partition coefficient (Wildman–Crippen LogP) is 3.49. The van der Waals surface area contributed by atoms with Crippen LogP contribution < -0.4 is 0 Å². The van der Waals surface area contributed by atoms with Gasteiger partial charge in [0.2, 0.25) is 5.24 Å². The van der Waals surface area contributed by atoms with Gasteiger partial charge in [0.1, 0.15) is 5.38 Å². The summed E-state index contributed by atoms with van der Waals surface area (Å²) in [5.41, 5.74) is 0.694. The summed E-state index contributed by atoms with van der Waals surface area (Å²) >= 11 is 14.2. The molecule has 1 nitrogen and oxygen atoms in total. The smallest absolute Gasteiger partial charge is 0.244 e. The average Bonchev–Trinajstić information content (AvgIpc) is 2.04. The lowest BCUT2D eigenvalue weighted by Gasteiger charge is -2.05. The standard InChI is InChI=1S/C8H5BrCl2O/c9-6-4-2-1-3-5(6)7(10)8(11)12/h1-4,7H. The van der Waals surface area contributed by atoms with Gasteiger partial charge in [-0.2, -0.15) is 0 Å². The SMILES string of the molecule is O=C(Cl)C(Cl)c1ccccc1Br. The van der Waals surface area contributed by atoms with Crippen LogP contribution in [0.3, 0.4) is 0 Å². The summed E-state index contributed by atoms with van der Waals surface area (Å²) in [6, 6.07) is 7.21. The molecule has 0 heterocycles. The van der Waals surface area contributed by atoms with E-state index in [0.29, 0.717) is 5.56 Å². The van der Waals surface area contributed by atoms with Crippen LogP contribution in [-0.2, 0) is 4.79 Å². The molecule has 0 saturated heterocycles. The number of alkyl halides is 1. The molecule has 12 heavy (non-hydrogen) atoms. The number of halogens is 3. The van der Waals surface area contributed by atoms with E-state index in [2.05, 4.69) is 15.9 Å². The van der Waals surface area contributed by atoms with Crippen LogP contribution in [0.5, 0.6) is 0 Å². The minimum atomic E-state index is -0.776. The highest BCUT2D eigenvalue weighted by Gasteiger charge is 2.16. The van der Waals surface area contributed by atoms with E-state index in [9.17, 15) is 4.79 Å². The first-order chi connectivity index (χ1) is 5.63. The van der Waals surface area contributed by atoms with Gasteiger partial charge in [-0.25, -0.2) is 0 Å². The zero-order chi connectivity index (χ0) is 9.14. The molecule has 0 spiro atoms. The molecule has 0 aliphatic carbocycles. The summed E-state index contributed by atoms with van der Waals surface area (Å²) in [5, 5.41) is -1.34. The molecule has 1 aromatic carbocycles. The lowest BCUT2D eigenvalue weighted by Crippen LogP contribution is -1.99. The van der Waals surface area contributed by atoms with Gasteiger partial charge in [-0.1, -0.05) is 34.1 Å². The molecule has 0 saturated carbocycles. The zero-order valence-corrected chi connectivity index (χ0v) is 9.03. The van der Waals surface area contributed by atoms with E-state index in [0.717, 1.165) is 4.47 Å². The molecule has 0 aliphatic rings. The fourth-order valence-corrected chi connectivity index (χ4v) is 1.76. The van der Waals surface area contributed by atoms with Gasteiger partial charge >= 0.3 is 0 Å². The van der Waals surface area contributed by atoms with Crippen LogP contribution in [-0.4, -0.2) is 5.24 Å². The molecular formula is C8H5BrCl2O. The molecule has 0 N–H and O–H groups in total. The van der Waals surface area contributed by atoms with Crippen LogP contribution in [0.1, 0.15) is 10.9 Å². The number of hydrogen-bond donors (Lipinski definition) is 0. The minimum Gasteiger partial charge on any atom is -0.279 e. The molecule has 0 radical (unpaired) electrons. The Kier molecular flexibility index (Phi) is 3.56. The monoisotopic (exact) mass is 266 g/mol. The zero-order valence-electron chi connectivity index (χ0n) is 5.93. The van der Waals surface area contributed by atoms with Crippen LogP contribution in [0, 0.1) is 0 Å². The second kappa shape index (κ2) is 4.26. The summed E-state index contributed by atoms with van der Waals surface area (Å²) in [6.07, 6.45) is 0. The third-order valence-corrected chi connectivity index (χ3v) is 2.86. The fraction of sp³-hybridized carbons (Fsp3) is 0.125. The second-order valence-electron chi connectivity index (χ2n) is 2.19. The van der Waals surface area contributed by atoms with E-state index in [1.165, 1.54) is 0 Å². The molecule has 1 rings (SSSR count). The average molecular weight is 268 g/mol. The van der Waals surface area contributed by atoms with Crippen LogP contribution >= 0.6 is 39.1 Å². The van der Waals surface area contributed by atoms with Crippen molar-refractivity contribution in [3.63, 3.8) is 0 Å².